The van der Waals surface area contributed by atoms with Crippen molar-refractivity contribution in [1.82, 2.24) is 19.7 Å². The lowest BCUT2D eigenvalue weighted by Gasteiger charge is -2.31. The normalized spacial score (nSPS) is 16.8. The first-order chi connectivity index (χ1) is 13.9. The van der Waals surface area contributed by atoms with Crippen molar-refractivity contribution in [2.75, 3.05) is 13.1 Å². The highest BCUT2D eigenvalue weighted by Crippen LogP contribution is 2.27. The highest BCUT2D eigenvalue weighted by molar-refractivity contribution is 7.80. The van der Waals surface area contributed by atoms with E-state index in [0.717, 1.165) is 5.56 Å². The Morgan fingerprint density at radius 3 is 2.62 bits per heavy atom. The number of nitrogens with zero attached hydrogens (tertiary/aromatic N) is 4. The number of alkyl halides is 2. The van der Waals surface area contributed by atoms with Crippen molar-refractivity contribution >= 4 is 12.6 Å². The Labute approximate surface area is 172 Å². The Balaban J connectivity index is 1.66. The Morgan fingerprint density at radius 2 is 1.90 bits per heavy atom. The van der Waals surface area contributed by atoms with Crippen LogP contribution in [-0.2, 0) is 13.0 Å². The second kappa shape index (κ2) is 8.20. The van der Waals surface area contributed by atoms with Crippen LogP contribution in [0.5, 0.6) is 0 Å². The van der Waals surface area contributed by atoms with E-state index in [-0.39, 0.29) is 25.2 Å². The second-order valence-electron chi connectivity index (χ2n) is 7.32. The number of hydrogen-bond acceptors (Lipinski definition) is 4. The zero-order chi connectivity index (χ0) is 20.4. The van der Waals surface area contributed by atoms with Crippen LogP contribution in [0.3, 0.4) is 0 Å². The molecule has 0 spiro atoms. The van der Waals surface area contributed by atoms with Gasteiger partial charge in [0.25, 0.3) is 5.92 Å². The van der Waals surface area contributed by atoms with E-state index in [2.05, 4.69) is 22.7 Å². The van der Waals surface area contributed by atoms with Crippen LogP contribution >= 0.6 is 12.6 Å². The van der Waals surface area contributed by atoms with Gasteiger partial charge in [-0.2, -0.15) is 0 Å². The molecular weight excluding hydrogens is 397 g/mol. The van der Waals surface area contributed by atoms with Crippen molar-refractivity contribution in [1.29, 1.82) is 0 Å². The van der Waals surface area contributed by atoms with Crippen molar-refractivity contribution in [2.45, 2.75) is 36.6 Å². The Kier molecular flexibility index (Phi) is 5.65. The molecule has 1 saturated heterocycles. The van der Waals surface area contributed by atoms with Gasteiger partial charge in [0.2, 0.25) is 0 Å². The van der Waals surface area contributed by atoms with Crippen LogP contribution in [0.4, 0.5) is 13.2 Å². The number of rotatable bonds is 5. The summed E-state index contributed by atoms with van der Waals surface area (Å²) in [4.78, 5) is 6.73. The minimum atomic E-state index is -2.69. The second-order valence-corrected chi connectivity index (χ2v) is 7.84. The van der Waals surface area contributed by atoms with Gasteiger partial charge in [0.1, 0.15) is 17.3 Å². The Morgan fingerprint density at radius 1 is 1.10 bits per heavy atom. The lowest BCUT2D eigenvalue weighted by molar-refractivity contribution is -0.0666. The first-order valence-electron chi connectivity index (χ1n) is 9.47. The molecule has 4 rings (SSSR count). The molecule has 1 fully saturated rings. The maximum absolute atomic E-state index is 14.6. The van der Waals surface area contributed by atoms with Gasteiger partial charge in [0, 0.05) is 17.7 Å². The van der Waals surface area contributed by atoms with Gasteiger partial charge in [-0.25, -0.2) is 22.8 Å². The minimum absolute atomic E-state index is 0.0914. The molecule has 0 saturated carbocycles. The number of piperidine rings is 1. The predicted molar refractivity (Wildman–Crippen MR) is 107 cm³/mol. The highest BCUT2D eigenvalue weighted by atomic mass is 32.1. The van der Waals surface area contributed by atoms with Gasteiger partial charge in [-0.15, -0.1) is 17.7 Å². The van der Waals surface area contributed by atoms with E-state index in [0.29, 0.717) is 35.9 Å². The van der Waals surface area contributed by atoms with E-state index in [1.165, 1.54) is 10.7 Å². The summed E-state index contributed by atoms with van der Waals surface area (Å²) in [5.74, 6) is -2.20. The van der Waals surface area contributed by atoms with E-state index in [9.17, 15) is 13.2 Å². The van der Waals surface area contributed by atoms with E-state index in [4.69, 9.17) is 0 Å². The molecule has 8 heteroatoms. The SMILES string of the molecule is Fc1cc(S)ccc1-n1nc(CN2CCCC(F)(F)C2)nc1Cc1ccccc1. The molecule has 0 atom stereocenters. The third kappa shape index (κ3) is 4.82. The molecule has 152 valence electrons. The summed E-state index contributed by atoms with van der Waals surface area (Å²) in [5, 5.41) is 4.46. The van der Waals surface area contributed by atoms with Gasteiger partial charge in [-0.3, -0.25) is 4.90 Å². The summed E-state index contributed by atoms with van der Waals surface area (Å²) in [7, 11) is 0. The van der Waals surface area contributed by atoms with Crippen LogP contribution in [0.15, 0.2) is 53.4 Å². The molecule has 2 heterocycles. The average molecular weight is 418 g/mol. The molecule has 0 radical (unpaired) electrons. The van der Waals surface area contributed by atoms with Crippen molar-refractivity contribution < 1.29 is 13.2 Å². The summed E-state index contributed by atoms with van der Waals surface area (Å²) in [6.07, 6.45) is 0.792. The number of halogens is 3. The quantitative estimate of drug-likeness (QED) is 0.619. The van der Waals surface area contributed by atoms with Crippen LogP contribution in [0.25, 0.3) is 5.69 Å². The Bertz CT molecular complexity index is 991. The number of hydrogen-bond donors (Lipinski definition) is 1. The van der Waals surface area contributed by atoms with Crippen LogP contribution in [0.1, 0.15) is 30.1 Å². The van der Waals surface area contributed by atoms with Crippen molar-refractivity contribution in [3.05, 3.63) is 71.6 Å². The van der Waals surface area contributed by atoms with Gasteiger partial charge in [-0.05, 0) is 36.7 Å². The summed E-state index contributed by atoms with van der Waals surface area (Å²) in [6, 6.07) is 14.3. The third-order valence-electron chi connectivity index (χ3n) is 4.92. The van der Waals surface area contributed by atoms with Gasteiger partial charge in [0.05, 0.1) is 13.1 Å². The predicted octanol–water partition coefficient (Wildman–Crippen LogP) is 4.52. The van der Waals surface area contributed by atoms with E-state index in [1.807, 2.05) is 30.3 Å². The summed E-state index contributed by atoms with van der Waals surface area (Å²) in [5.41, 5.74) is 1.26. The van der Waals surface area contributed by atoms with Crippen molar-refractivity contribution in [3.63, 3.8) is 0 Å². The number of benzene rings is 2. The zero-order valence-electron chi connectivity index (χ0n) is 15.7. The van der Waals surface area contributed by atoms with E-state index >= 15 is 0 Å². The summed E-state index contributed by atoms with van der Waals surface area (Å²) in [6.45, 7) is 0.468. The van der Waals surface area contributed by atoms with Gasteiger partial charge in [-0.1, -0.05) is 30.3 Å². The molecule has 0 aliphatic carbocycles. The van der Waals surface area contributed by atoms with Gasteiger partial charge < -0.3 is 0 Å². The maximum atomic E-state index is 14.6. The topological polar surface area (TPSA) is 34.0 Å². The molecule has 0 N–H and O–H groups in total. The number of likely N-dealkylation sites (tertiary alicyclic amines) is 1. The first-order valence-corrected chi connectivity index (χ1v) is 9.92. The fourth-order valence-corrected chi connectivity index (χ4v) is 3.78. The average Bonchev–Trinajstić information content (AvgIpc) is 3.03. The smallest absolute Gasteiger partial charge is 0.260 e. The van der Waals surface area contributed by atoms with Gasteiger partial charge >= 0.3 is 0 Å². The van der Waals surface area contributed by atoms with Crippen LogP contribution in [0.2, 0.25) is 0 Å². The maximum Gasteiger partial charge on any atom is 0.260 e. The lowest BCUT2D eigenvalue weighted by atomic mass is 10.1. The summed E-state index contributed by atoms with van der Waals surface area (Å²) >= 11 is 4.17. The molecule has 0 amide bonds. The van der Waals surface area contributed by atoms with E-state index < -0.39 is 11.7 Å². The van der Waals surface area contributed by atoms with Crippen LogP contribution in [-0.4, -0.2) is 38.7 Å². The number of thiol groups is 1. The fourth-order valence-electron chi connectivity index (χ4n) is 3.59. The Hall–Kier alpha value is -2.32. The molecule has 1 aromatic heterocycles. The monoisotopic (exact) mass is 418 g/mol. The van der Waals surface area contributed by atoms with Crippen LogP contribution in [0, 0.1) is 5.82 Å². The third-order valence-corrected chi connectivity index (χ3v) is 5.20. The van der Waals surface area contributed by atoms with Gasteiger partial charge in [0.15, 0.2) is 5.82 Å². The number of aromatic nitrogens is 3. The van der Waals surface area contributed by atoms with Crippen molar-refractivity contribution in [2.24, 2.45) is 0 Å². The first kappa shape index (κ1) is 20.0. The minimum Gasteiger partial charge on any atom is -0.290 e. The molecule has 0 bridgehead atoms. The molecule has 29 heavy (non-hydrogen) atoms. The highest BCUT2D eigenvalue weighted by Gasteiger charge is 2.35. The molecular formula is C21H21F3N4S. The largest absolute Gasteiger partial charge is 0.290 e. The zero-order valence-corrected chi connectivity index (χ0v) is 16.6. The molecule has 3 aromatic rings. The van der Waals surface area contributed by atoms with E-state index in [1.54, 1.807) is 17.0 Å². The molecule has 4 nitrogen and oxygen atoms in total. The van der Waals surface area contributed by atoms with Crippen LogP contribution < -0.4 is 0 Å². The fraction of sp³-hybridized carbons (Fsp3) is 0.333. The lowest BCUT2D eigenvalue weighted by Crippen LogP contribution is -2.42. The molecule has 0 unspecified atom stereocenters. The molecule has 2 aromatic carbocycles. The standard InChI is InChI=1S/C21H21F3N4S/c22-17-12-16(29)7-8-18(17)28-20(11-15-5-2-1-3-6-15)25-19(26-28)13-27-10-4-9-21(23,24)14-27/h1-3,5-8,12,29H,4,9-11,13-14H2. The molecule has 1 aliphatic rings. The summed E-state index contributed by atoms with van der Waals surface area (Å²) < 4.78 is 43.5. The molecule has 1 aliphatic heterocycles. The van der Waals surface area contributed by atoms with Crippen molar-refractivity contribution in [3.8, 4) is 5.69 Å².